The molecule has 0 saturated carbocycles. The Hall–Kier alpha value is -1.24. The first-order valence-corrected chi connectivity index (χ1v) is 9.39. The average Bonchev–Trinajstić information content (AvgIpc) is 2.88. The maximum absolute atomic E-state index is 12.6. The number of para-hydroxylation sites is 1. The lowest BCUT2D eigenvalue weighted by molar-refractivity contribution is -0.946. The molecule has 0 aliphatic carbocycles. The first-order valence-electron chi connectivity index (χ1n) is 8.45. The summed E-state index contributed by atoms with van der Waals surface area (Å²) in [4.78, 5) is 16.3. The number of nitrogens with two attached hydrogens (primary N) is 1. The van der Waals surface area contributed by atoms with Crippen LogP contribution in [0.5, 0.6) is 5.75 Å². The molecule has 3 rings (SSSR count). The van der Waals surface area contributed by atoms with Crippen LogP contribution in [0.2, 0.25) is 0 Å². The minimum absolute atomic E-state index is 0.0228. The third-order valence-corrected chi connectivity index (χ3v) is 6.14. The quantitative estimate of drug-likeness (QED) is 0.734. The number of ether oxygens (including phenoxy) is 1. The lowest BCUT2D eigenvalue weighted by Gasteiger charge is -2.28. The first-order chi connectivity index (χ1) is 11.2. The molecule has 2 aliphatic rings. The van der Waals surface area contributed by atoms with Gasteiger partial charge in [0.25, 0.3) is 0 Å². The Balaban J connectivity index is 1.73. The summed E-state index contributed by atoms with van der Waals surface area (Å²) < 4.78 is 5.51. The van der Waals surface area contributed by atoms with Crippen molar-refractivity contribution in [3.8, 4) is 5.75 Å². The molecule has 2 atom stereocenters. The Kier molecular flexibility index (Phi) is 5.46. The number of quaternary nitrogens is 2. The number of methoxy groups -OCH3 is 1. The highest BCUT2D eigenvalue weighted by Gasteiger charge is 2.40. The maximum atomic E-state index is 12.6. The molecule has 1 aromatic rings. The van der Waals surface area contributed by atoms with Crippen molar-refractivity contribution in [2.24, 2.45) is 0 Å². The Morgan fingerprint density at radius 1 is 1.35 bits per heavy atom. The van der Waals surface area contributed by atoms with Crippen LogP contribution in [0.25, 0.3) is 0 Å². The zero-order chi connectivity index (χ0) is 16.2. The van der Waals surface area contributed by atoms with Crippen LogP contribution in [-0.2, 0) is 4.79 Å². The monoisotopic (exact) mass is 337 g/mol. The fourth-order valence-electron chi connectivity index (χ4n) is 3.42. The van der Waals surface area contributed by atoms with Gasteiger partial charge in [-0.15, -0.1) is 11.8 Å². The number of carbonyl (C=O) groups is 1. The van der Waals surface area contributed by atoms with Crippen LogP contribution in [-0.4, -0.2) is 62.4 Å². The van der Waals surface area contributed by atoms with Gasteiger partial charge < -0.3 is 19.9 Å². The van der Waals surface area contributed by atoms with Crippen molar-refractivity contribution in [2.75, 3.05) is 46.4 Å². The highest BCUT2D eigenvalue weighted by molar-refractivity contribution is 8.01. The third kappa shape index (κ3) is 3.65. The Morgan fingerprint density at radius 2 is 2.09 bits per heavy atom. The molecule has 23 heavy (non-hydrogen) atoms. The first kappa shape index (κ1) is 16.6. The van der Waals surface area contributed by atoms with E-state index in [-0.39, 0.29) is 16.5 Å². The number of thioether (sulfide) groups is 1. The number of carbonyl (C=O) groups excluding carboxylic acids is 1. The molecule has 6 heteroatoms. The number of rotatable bonds is 5. The molecule has 3 N–H and O–H groups in total. The van der Waals surface area contributed by atoms with Gasteiger partial charge in [-0.3, -0.25) is 4.79 Å². The summed E-state index contributed by atoms with van der Waals surface area (Å²) in [5, 5.41) is 2.47. The van der Waals surface area contributed by atoms with Gasteiger partial charge in [0.2, 0.25) is 5.91 Å². The van der Waals surface area contributed by atoms with Crippen molar-refractivity contribution in [1.29, 1.82) is 0 Å². The fraction of sp³-hybridized carbons (Fsp3) is 0.588. The Bertz CT molecular complexity index is 548. The van der Waals surface area contributed by atoms with Crippen LogP contribution >= 0.6 is 11.8 Å². The van der Waals surface area contributed by atoms with E-state index in [0.717, 1.165) is 24.4 Å². The number of amides is 1. The van der Waals surface area contributed by atoms with Gasteiger partial charge >= 0.3 is 0 Å². The highest BCUT2D eigenvalue weighted by atomic mass is 32.2. The van der Waals surface area contributed by atoms with E-state index in [1.54, 1.807) is 23.8 Å². The lowest BCUT2D eigenvalue weighted by Crippen LogP contribution is -3.20. The van der Waals surface area contributed by atoms with Gasteiger partial charge in [0.05, 0.1) is 25.4 Å². The minimum Gasteiger partial charge on any atom is -0.496 e. The van der Waals surface area contributed by atoms with Crippen LogP contribution in [0, 0.1) is 0 Å². The number of nitrogens with zero attached hydrogens (tertiary/aromatic N) is 1. The summed E-state index contributed by atoms with van der Waals surface area (Å²) in [5.74, 6) is 1.13. The van der Waals surface area contributed by atoms with E-state index in [2.05, 4.69) is 16.3 Å². The van der Waals surface area contributed by atoms with E-state index >= 15 is 0 Å². The molecule has 126 valence electrons. The van der Waals surface area contributed by atoms with Gasteiger partial charge in [-0.1, -0.05) is 18.2 Å². The highest BCUT2D eigenvalue weighted by Crippen LogP contribution is 2.45. The summed E-state index contributed by atoms with van der Waals surface area (Å²) in [6, 6.07) is 8.06. The summed E-state index contributed by atoms with van der Waals surface area (Å²) in [6.45, 7) is 8.67. The van der Waals surface area contributed by atoms with E-state index in [1.807, 2.05) is 25.1 Å². The van der Waals surface area contributed by atoms with Crippen LogP contribution in [0.15, 0.2) is 24.3 Å². The van der Waals surface area contributed by atoms with Crippen LogP contribution < -0.4 is 15.0 Å². The molecular weight excluding hydrogens is 310 g/mol. The zero-order valence-electron chi connectivity index (χ0n) is 14.0. The minimum atomic E-state index is 0.0228. The predicted octanol–water partition coefficient (Wildman–Crippen LogP) is -0.880. The van der Waals surface area contributed by atoms with Gasteiger partial charge in [0.15, 0.2) is 0 Å². The van der Waals surface area contributed by atoms with Gasteiger partial charge in [-0.05, 0) is 13.0 Å². The molecule has 2 heterocycles. The van der Waals surface area contributed by atoms with Gasteiger partial charge in [0, 0.05) is 5.56 Å². The van der Waals surface area contributed by atoms with Crippen LogP contribution in [0.3, 0.4) is 0 Å². The zero-order valence-corrected chi connectivity index (χ0v) is 14.8. The normalized spacial score (nSPS) is 25.8. The number of nitrogens with one attached hydrogen (secondary N) is 1. The van der Waals surface area contributed by atoms with Crippen molar-refractivity contribution in [2.45, 2.75) is 17.5 Å². The second kappa shape index (κ2) is 7.55. The Labute approximate surface area is 142 Å². The maximum Gasteiger partial charge on any atom is 0.236 e. The van der Waals surface area contributed by atoms with Gasteiger partial charge in [-0.25, -0.2) is 0 Å². The fourth-order valence-corrected chi connectivity index (χ4v) is 4.76. The summed E-state index contributed by atoms with van der Waals surface area (Å²) in [7, 11) is 1.70. The number of benzene rings is 1. The largest absolute Gasteiger partial charge is 0.496 e. The topological polar surface area (TPSA) is 50.6 Å². The predicted molar refractivity (Wildman–Crippen MR) is 91.7 cm³/mol. The van der Waals surface area contributed by atoms with Crippen molar-refractivity contribution >= 4 is 17.7 Å². The second-order valence-corrected chi connectivity index (χ2v) is 7.70. The van der Waals surface area contributed by atoms with E-state index in [1.165, 1.54) is 26.2 Å². The molecule has 2 fully saturated rings. The van der Waals surface area contributed by atoms with Crippen molar-refractivity contribution in [3.05, 3.63) is 29.8 Å². The van der Waals surface area contributed by atoms with Gasteiger partial charge in [0.1, 0.15) is 37.3 Å². The van der Waals surface area contributed by atoms with Crippen LogP contribution in [0.1, 0.15) is 17.9 Å². The summed E-state index contributed by atoms with van der Waals surface area (Å²) >= 11 is 1.73. The molecule has 0 bridgehead atoms. The van der Waals surface area contributed by atoms with E-state index in [0.29, 0.717) is 0 Å². The lowest BCUT2D eigenvalue weighted by atomic mass is 10.1. The molecule has 5 nitrogen and oxygen atoms in total. The van der Waals surface area contributed by atoms with Crippen LogP contribution in [0.4, 0.5) is 0 Å². The molecule has 1 amide bonds. The van der Waals surface area contributed by atoms with E-state index < -0.39 is 0 Å². The molecule has 2 saturated heterocycles. The molecule has 0 spiro atoms. The van der Waals surface area contributed by atoms with Crippen molar-refractivity contribution in [1.82, 2.24) is 4.90 Å². The Morgan fingerprint density at radius 3 is 2.83 bits per heavy atom. The average molecular weight is 337 g/mol. The second-order valence-electron chi connectivity index (χ2n) is 6.27. The number of hydrogen-bond acceptors (Lipinski definition) is 3. The molecular formula is C17H27N3O2S+2. The molecule has 0 aromatic heterocycles. The van der Waals surface area contributed by atoms with E-state index in [9.17, 15) is 4.79 Å². The number of piperazine rings is 1. The van der Waals surface area contributed by atoms with Crippen molar-refractivity contribution in [3.63, 3.8) is 0 Å². The number of hydrogen-bond donors (Lipinski definition) is 2. The third-order valence-electron chi connectivity index (χ3n) is 4.76. The van der Waals surface area contributed by atoms with Crippen molar-refractivity contribution < 1.29 is 19.7 Å². The molecule has 0 radical (unpaired) electrons. The smallest absolute Gasteiger partial charge is 0.236 e. The molecule has 0 unspecified atom stereocenters. The summed E-state index contributed by atoms with van der Waals surface area (Å²) in [6.07, 6.45) is 0. The van der Waals surface area contributed by atoms with Gasteiger partial charge in [-0.2, -0.15) is 0 Å². The van der Waals surface area contributed by atoms with E-state index in [4.69, 9.17) is 4.74 Å². The molecule has 2 aliphatic heterocycles. The SMILES string of the molecule is COc1ccccc1[C@H]1S[C@@H](C)C(=O)N1CC[NH+]1CC[NH2+]CC1. The summed E-state index contributed by atoms with van der Waals surface area (Å²) in [5.41, 5.74) is 1.11. The standard InChI is InChI=1S/C17H25N3O2S/c1-13-16(21)20(12-11-19-9-7-18-8-10-19)17(23-13)14-5-3-4-6-15(14)22-2/h3-6,13,17-18H,7-12H2,1-2H3/p+2/t13-,17+/m0/s1. The molecule has 1 aromatic carbocycles.